The summed E-state index contributed by atoms with van der Waals surface area (Å²) >= 11 is 3.46. The standard InChI is InChI=1S/C14H20BrNO/c1-2-14(11-7-9-12(15)10-8-11)16-17-13-5-3-4-6-13/h7-10,13-14,16H,2-6H2,1H3. The van der Waals surface area contributed by atoms with E-state index in [1.165, 1.54) is 31.2 Å². The number of rotatable bonds is 5. The Bertz CT molecular complexity index is 333. The zero-order valence-corrected chi connectivity index (χ0v) is 11.9. The molecule has 1 aromatic carbocycles. The molecule has 94 valence electrons. The van der Waals surface area contributed by atoms with Crippen molar-refractivity contribution in [3.8, 4) is 0 Å². The quantitative estimate of drug-likeness (QED) is 0.815. The van der Waals surface area contributed by atoms with Crippen LogP contribution in [-0.4, -0.2) is 6.10 Å². The lowest BCUT2D eigenvalue weighted by Gasteiger charge is -2.20. The smallest absolute Gasteiger partial charge is 0.0790 e. The molecule has 0 radical (unpaired) electrons. The van der Waals surface area contributed by atoms with Crippen molar-refractivity contribution in [3.63, 3.8) is 0 Å². The molecular weight excluding hydrogens is 278 g/mol. The Hall–Kier alpha value is -0.380. The van der Waals surface area contributed by atoms with E-state index in [-0.39, 0.29) is 0 Å². The average molecular weight is 298 g/mol. The third kappa shape index (κ3) is 3.80. The van der Waals surface area contributed by atoms with Gasteiger partial charge in [-0.1, -0.05) is 47.8 Å². The number of hydrogen-bond donors (Lipinski definition) is 1. The molecule has 1 fully saturated rings. The third-order valence-electron chi connectivity index (χ3n) is 3.36. The van der Waals surface area contributed by atoms with E-state index < -0.39 is 0 Å². The molecule has 17 heavy (non-hydrogen) atoms. The highest BCUT2D eigenvalue weighted by Gasteiger charge is 2.17. The Labute approximate surface area is 112 Å². The maximum atomic E-state index is 5.78. The Morgan fingerprint density at radius 1 is 1.29 bits per heavy atom. The first-order chi connectivity index (χ1) is 8.29. The first-order valence-corrected chi connectivity index (χ1v) is 7.25. The molecule has 1 N–H and O–H groups in total. The summed E-state index contributed by atoms with van der Waals surface area (Å²) in [5.74, 6) is 0. The second-order valence-corrected chi connectivity index (χ2v) is 5.57. The molecule has 2 rings (SSSR count). The van der Waals surface area contributed by atoms with Gasteiger partial charge in [0.05, 0.1) is 12.1 Å². The summed E-state index contributed by atoms with van der Waals surface area (Å²) in [5, 5.41) is 0. The van der Waals surface area contributed by atoms with Gasteiger partial charge in [0.2, 0.25) is 0 Å². The molecule has 0 saturated heterocycles. The number of hydrogen-bond acceptors (Lipinski definition) is 2. The van der Waals surface area contributed by atoms with Crippen molar-refractivity contribution < 1.29 is 4.84 Å². The van der Waals surface area contributed by atoms with Crippen LogP contribution in [0.25, 0.3) is 0 Å². The molecular formula is C14H20BrNO. The van der Waals surface area contributed by atoms with Crippen molar-refractivity contribution >= 4 is 15.9 Å². The highest BCUT2D eigenvalue weighted by Crippen LogP contribution is 2.23. The van der Waals surface area contributed by atoms with Crippen molar-refractivity contribution in [3.05, 3.63) is 34.3 Å². The van der Waals surface area contributed by atoms with Gasteiger partial charge in [0.1, 0.15) is 0 Å². The van der Waals surface area contributed by atoms with E-state index in [4.69, 9.17) is 4.84 Å². The minimum absolute atomic E-state index is 0.295. The minimum atomic E-state index is 0.295. The molecule has 1 saturated carbocycles. The Balaban J connectivity index is 1.89. The summed E-state index contributed by atoms with van der Waals surface area (Å²) in [6, 6.07) is 8.74. The van der Waals surface area contributed by atoms with Gasteiger partial charge in [-0.2, -0.15) is 5.48 Å². The van der Waals surface area contributed by atoms with E-state index in [0.717, 1.165) is 10.9 Å². The van der Waals surface area contributed by atoms with E-state index in [2.05, 4.69) is 52.6 Å². The second-order valence-electron chi connectivity index (χ2n) is 4.65. The molecule has 0 aromatic heterocycles. The Kier molecular flexibility index (Phi) is 5.01. The summed E-state index contributed by atoms with van der Waals surface area (Å²) < 4.78 is 1.12. The Morgan fingerprint density at radius 3 is 2.53 bits per heavy atom. The van der Waals surface area contributed by atoms with Crippen LogP contribution in [0.3, 0.4) is 0 Å². The predicted octanol–water partition coefficient (Wildman–Crippen LogP) is 4.36. The summed E-state index contributed by atoms with van der Waals surface area (Å²) in [7, 11) is 0. The van der Waals surface area contributed by atoms with Crippen molar-refractivity contribution in [2.24, 2.45) is 0 Å². The summed E-state index contributed by atoms with van der Waals surface area (Å²) in [6.07, 6.45) is 6.46. The summed E-state index contributed by atoms with van der Waals surface area (Å²) in [6.45, 7) is 2.18. The molecule has 1 aromatic rings. The van der Waals surface area contributed by atoms with E-state index >= 15 is 0 Å². The summed E-state index contributed by atoms with van der Waals surface area (Å²) in [5.41, 5.74) is 4.52. The normalized spacial score (nSPS) is 18.5. The van der Waals surface area contributed by atoms with E-state index in [1.54, 1.807) is 0 Å². The van der Waals surface area contributed by atoms with Crippen LogP contribution in [0.2, 0.25) is 0 Å². The van der Waals surface area contributed by atoms with Gasteiger partial charge in [0, 0.05) is 4.47 Å². The number of benzene rings is 1. The fraction of sp³-hybridized carbons (Fsp3) is 0.571. The lowest BCUT2D eigenvalue weighted by Crippen LogP contribution is -2.26. The lowest BCUT2D eigenvalue weighted by atomic mass is 10.1. The van der Waals surface area contributed by atoms with Crippen LogP contribution in [0.1, 0.15) is 50.6 Å². The van der Waals surface area contributed by atoms with Crippen LogP contribution in [0.15, 0.2) is 28.7 Å². The monoisotopic (exact) mass is 297 g/mol. The molecule has 2 nitrogen and oxygen atoms in total. The van der Waals surface area contributed by atoms with Crippen molar-refractivity contribution in [1.82, 2.24) is 5.48 Å². The fourth-order valence-electron chi connectivity index (χ4n) is 2.27. The number of halogens is 1. The zero-order chi connectivity index (χ0) is 12.1. The van der Waals surface area contributed by atoms with Gasteiger partial charge in [-0.3, -0.25) is 4.84 Å². The van der Waals surface area contributed by atoms with Crippen molar-refractivity contribution in [2.45, 2.75) is 51.2 Å². The van der Waals surface area contributed by atoms with Gasteiger partial charge < -0.3 is 0 Å². The van der Waals surface area contributed by atoms with Crippen LogP contribution >= 0.6 is 15.9 Å². The number of hydroxylamine groups is 1. The first kappa shape index (κ1) is 13.1. The van der Waals surface area contributed by atoms with Crippen LogP contribution in [0.5, 0.6) is 0 Å². The van der Waals surface area contributed by atoms with Gasteiger partial charge in [-0.25, -0.2) is 0 Å². The summed E-state index contributed by atoms with van der Waals surface area (Å²) in [4.78, 5) is 5.78. The second kappa shape index (κ2) is 6.53. The largest absolute Gasteiger partial charge is 0.298 e. The molecule has 1 aliphatic carbocycles. The minimum Gasteiger partial charge on any atom is -0.298 e. The van der Waals surface area contributed by atoms with Crippen LogP contribution in [-0.2, 0) is 4.84 Å². The number of nitrogens with one attached hydrogen (secondary N) is 1. The maximum Gasteiger partial charge on any atom is 0.0790 e. The Morgan fingerprint density at radius 2 is 1.94 bits per heavy atom. The van der Waals surface area contributed by atoms with Crippen molar-refractivity contribution in [2.75, 3.05) is 0 Å². The van der Waals surface area contributed by atoms with Crippen LogP contribution in [0.4, 0.5) is 0 Å². The van der Waals surface area contributed by atoms with E-state index in [1.807, 2.05) is 0 Å². The van der Waals surface area contributed by atoms with Crippen LogP contribution in [0, 0.1) is 0 Å². The topological polar surface area (TPSA) is 21.3 Å². The maximum absolute atomic E-state index is 5.78. The van der Waals surface area contributed by atoms with E-state index in [0.29, 0.717) is 12.1 Å². The molecule has 1 unspecified atom stereocenters. The molecule has 0 aliphatic heterocycles. The molecule has 1 aliphatic rings. The average Bonchev–Trinajstić information content (AvgIpc) is 2.85. The molecule has 3 heteroatoms. The molecule has 0 heterocycles. The zero-order valence-electron chi connectivity index (χ0n) is 10.3. The van der Waals surface area contributed by atoms with Gasteiger partial charge in [0.15, 0.2) is 0 Å². The highest BCUT2D eigenvalue weighted by molar-refractivity contribution is 9.10. The molecule has 0 spiro atoms. The van der Waals surface area contributed by atoms with Crippen molar-refractivity contribution in [1.29, 1.82) is 0 Å². The highest BCUT2D eigenvalue weighted by atomic mass is 79.9. The van der Waals surface area contributed by atoms with Crippen LogP contribution < -0.4 is 5.48 Å². The predicted molar refractivity (Wildman–Crippen MR) is 73.7 cm³/mol. The van der Waals surface area contributed by atoms with Gasteiger partial charge >= 0.3 is 0 Å². The van der Waals surface area contributed by atoms with Gasteiger partial charge in [0.25, 0.3) is 0 Å². The molecule has 0 amide bonds. The lowest BCUT2D eigenvalue weighted by molar-refractivity contribution is -0.0415. The third-order valence-corrected chi connectivity index (χ3v) is 3.89. The van der Waals surface area contributed by atoms with Gasteiger partial charge in [-0.05, 0) is 37.0 Å². The van der Waals surface area contributed by atoms with Gasteiger partial charge in [-0.15, -0.1) is 0 Å². The SMILES string of the molecule is CCC(NOC1CCCC1)c1ccc(Br)cc1. The molecule has 0 bridgehead atoms. The first-order valence-electron chi connectivity index (χ1n) is 6.46. The molecule has 1 atom stereocenters. The fourth-order valence-corrected chi connectivity index (χ4v) is 2.53. The van der Waals surface area contributed by atoms with E-state index in [9.17, 15) is 0 Å².